The van der Waals surface area contributed by atoms with Gasteiger partial charge in [0.25, 0.3) is 0 Å². The zero-order valence-corrected chi connectivity index (χ0v) is 11.9. The van der Waals surface area contributed by atoms with Crippen LogP contribution in [0.1, 0.15) is 10.4 Å². The summed E-state index contributed by atoms with van der Waals surface area (Å²) in [5.41, 5.74) is -0.461. The first kappa shape index (κ1) is 15.2. The topological polar surface area (TPSA) is 122 Å². The lowest BCUT2D eigenvalue weighted by molar-refractivity contribution is 0.0698. The predicted molar refractivity (Wildman–Crippen MR) is 69.2 cm³/mol. The van der Waals surface area contributed by atoms with E-state index in [0.29, 0.717) is 4.47 Å². The standard InChI is InChI=1S/C9H9BrN2O6S/c1-18-9(15)12-19(16,17)11-7-4-5(10)2-3-6(7)8(13)14/h2-4,11H,1H3,(H,12,15)(H,13,14). The average Bonchev–Trinajstić information content (AvgIpc) is 2.27. The molecule has 0 heterocycles. The molecule has 3 N–H and O–H groups in total. The molecule has 0 aliphatic carbocycles. The van der Waals surface area contributed by atoms with Gasteiger partial charge in [-0.15, -0.1) is 0 Å². The molecule has 1 rings (SSSR count). The Kier molecular flexibility index (Phi) is 4.72. The first-order chi connectivity index (χ1) is 8.75. The molecular weight excluding hydrogens is 344 g/mol. The summed E-state index contributed by atoms with van der Waals surface area (Å²) in [4.78, 5) is 21.8. The largest absolute Gasteiger partial charge is 0.478 e. The van der Waals surface area contributed by atoms with Gasteiger partial charge in [-0.2, -0.15) is 8.42 Å². The minimum absolute atomic E-state index is 0.196. The SMILES string of the molecule is COC(=O)NS(=O)(=O)Nc1cc(Br)ccc1C(=O)O. The van der Waals surface area contributed by atoms with E-state index in [0.717, 1.165) is 7.11 Å². The van der Waals surface area contributed by atoms with Gasteiger partial charge in [0.2, 0.25) is 0 Å². The Morgan fingerprint density at radius 2 is 2.00 bits per heavy atom. The van der Waals surface area contributed by atoms with Gasteiger partial charge >= 0.3 is 22.3 Å². The van der Waals surface area contributed by atoms with Gasteiger partial charge in [-0.1, -0.05) is 15.9 Å². The number of methoxy groups -OCH3 is 1. The van der Waals surface area contributed by atoms with E-state index in [1.165, 1.54) is 22.9 Å². The molecule has 1 aromatic rings. The lowest BCUT2D eigenvalue weighted by atomic mass is 10.2. The third kappa shape index (κ3) is 4.41. The van der Waals surface area contributed by atoms with Crippen LogP contribution in [-0.2, 0) is 14.9 Å². The molecule has 0 saturated heterocycles. The van der Waals surface area contributed by atoms with Crippen LogP contribution in [0.25, 0.3) is 0 Å². The Hall–Kier alpha value is -1.81. The second kappa shape index (κ2) is 5.89. The second-order valence-electron chi connectivity index (χ2n) is 3.19. The number of ether oxygens (including phenoxy) is 1. The van der Waals surface area contributed by atoms with E-state index in [9.17, 15) is 18.0 Å². The van der Waals surface area contributed by atoms with Crippen LogP contribution in [0.5, 0.6) is 0 Å². The second-order valence-corrected chi connectivity index (χ2v) is 5.52. The van der Waals surface area contributed by atoms with Gasteiger partial charge in [0.05, 0.1) is 18.4 Å². The Morgan fingerprint density at radius 1 is 1.37 bits per heavy atom. The van der Waals surface area contributed by atoms with Crippen molar-refractivity contribution in [3.8, 4) is 0 Å². The molecule has 0 saturated carbocycles. The number of carbonyl (C=O) groups is 2. The van der Waals surface area contributed by atoms with Crippen molar-refractivity contribution in [3.05, 3.63) is 28.2 Å². The lowest BCUT2D eigenvalue weighted by Gasteiger charge is -2.11. The monoisotopic (exact) mass is 352 g/mol. The predicted octanol–water partition coefficient (Wildman–Crippen LogP) is 1.16. The molecule has 0 unspecified atom stereocenters. The Bertz CT molecular complexity index is 615. The van der Waals surface area contributed by atoms with Gasteiger partial charge < -0.3 is 9.84 Å². The van der Waals surface area contributed by atoms with Gasteiger partial charge in [0.1, 0.15) is 0 Å². The van der Waals surface area contributed by atoms with Crippen molar-refractivity contribution in [1.29, 1.82) is 0 Å². The fraction of sp³-hybridized carbons (Fsp3) is 0.111. The number of carboxylic acids is 1. The van der Waals surface area contributed by atoms with E-state index in [1.54, 1.807) is 0 Å². The molecule has 0 aliphatic rings. The van der Waals surface area contributed by atoms with E-state index in [4.69, 9.17) is 5.11 Å². The number of aromatic carboxylic acids is 1. The third-order valence-electron chi connectivity index (χ3n) is 1.86. The summed E-state index contributed by atoms with van der Waals surface area (Å²) < 4.78 is 31.1. The summed E-state index contributed by atoms with van der Waals surface area (Å²) >= 11 is 3.08. The molecule has 8 nitrogen and oxygen atoms in total. The maximum atomic E-state index is 11.5. The molecular formula is C9H9BrN2O6S. The number of anilines is 1. The van der Waals surface area contributed by atoms with E-state index < -0.39 is 22.3 Å². The normalized spacial score (nSPS) is 10.6. The third-order valence-corrected chi connectivity index (χ3v) is 3.28. The number of carbonyl (C=O) groups excluding carboxylic acids is 1. The average molecular weight is 353 g/mol. The maximum Gasteiger partial charge on any atom is 0.422 e. The molecule has 0 fully saturated rings. The quantitative estimate of drug-likeness (QED) is 0.747. The minimum Gasteiger partial charge on any atom is -0.478 e. The maximum absolute atomic E-state index is 11.5. The van der Waals surface area contributed by atoms with Crippen LogP contribution in [0.3, 0.4) is 0 Å². The number of halogens is 1. The summed E-state index contributed by atoms with van der Waals surface area (Å²) in [6.07, 6.45) is -1.20. The smallest absolute Gasteiger partial charge is 0.422 e. The van der Waals surface area contributed by atoms with Crippen molar-refractivity contribution in [1.82, 2.24) is 4.72 Å². The van der Waals surface area contributed by atoms with E-state index in [2.05, 4.69) is 20.7 Å². The van der Waals surface area contributed by atoms with Gasteiger partial charge in [0, 0.05) is 4.47 Å². The molecule has 0 spiro atoms. The Morgan fingerprint density at radius 3 is 2.53 bits per heavy atom. The summed E-state index contributed by atoms with van der Waals surface area (Å²) in [5, 5.41) is 8.92. The number of carboxylic acid groups (broad SMARTS) is 1. The number of amides is 1. The summed E-state index contributed by atoms with van der Waals surface area (Å²) in [7, 11) is -3.28. The number of benzene rings is 1. The highest BCUT2D eigenvalue weighted by Crippen LogP contribution is 2.22. The summed E-state index contributed by atoms with van der Waals surface area (Å²) in [6, 6.07) is 3.90. The van der Waals surface area contributed by atoms with Crippen LogP contribution in [0.2, 0.25) is 0 Å². The van der Waals surface area contributed by atoms with Gasteiger partial charge in [-0.3, -0.25) is 4.72 Å². The van der Waals surface area contributed by atoms with Crippen LogP contribution in [-0.4, -0.2) is 32.7 Å². The molecule has 0 radical (unpaired) electrons. The van der Waals surface area contributed by atoms with E-state index >= 15 is 0 Å². The number of rotatable bonds is 4. The Labute approximate surface area is 117 Å². The van der Waals surface area contributed by atoms with Crippen molar-refractivity contribution in [2.75, 3.05) is 11.8 Å². The van der Waals surface area contributed by atoms with E-state index in [-0.39, 0.29) is 11.3 Å². The summed E-state index contributed by atoms with van der Waals surface area (Å²) in [5.74, 6) is -1.32. The highest BCUT2D eigenvalue weighted by molar-refractivity contribution is 9.10. The molecule has 1 aromatic carbocycles. The molecule has 104 valence electrons. The molecule has 1 amide bonds. The molecule has 0 atom stereocenters. The zero-order chi connectivity index (χ0) is 14.6. The van der Waals surface area contributed by atoms with Crippen molar-refractivity contribution in [2.24, 2.45) is 0 Å². The first-order valence-corrected chi connectivity index (χ1v) is 6.94. The Balaban J connectivity index is 3.08. The van der Waals surface area contributed by atoms with Crippen molar-refractivity contribution >= 4 is 43.9 Å². The number of hydrogen-bond donors (Lipinski definition) is 3. The van der Waals surface area contributed by atoms with Crippen LogP contribution in [0, 0.1) is 0 Å². The highest BCUT2D eigenvalue weighted by Gasteiger charge is 2.18. The molecule has 10 heteroatoms. The van der Waals surface area contributed by atoms with E-state index in [1.807, 2.05) is 4.72 Å². The molecule has 19 heavy (non-hydrogen) atoms. The van der Waals surface area contributed by atoms with Crippen LogP contribution < -0.4 is 9.44 Å². The first-order valence-electron chi connectivity index (χ1n) is 4.66. The number of nitrogens with one attached hydrogen (secondary N) is 2. The minimum atomic E-state index is -4.28. The van der Waals surface area contributed by atoms with Gasteiger partial charge in [-0.25, -0.2) is 14.3 Å². The van der Waals surface area contributed by atoms with Gasteiger partial charge in [0.15, 0.2) is 0 Å². The lowest BCUT2D eigenvalue weighted by Crippen LogP contribution is -2.35. The fourth-order valence-electron chi connectivity index (χ4n) is 1.11. The van der Waals surface area contributed by atoms with Gasteiger partial charge in [-0.05, 0) is 18.2 Å². The van der Waals surface area contributed by atoms with Crippen LogP contribution in [0.4, 0.5) is 10.5 Å². The molecule has 0 aromatic heterocycles. The van der Waals surface area contributed by atoms with Crippen LogP contribution in [0.15, 0.2) is 22.7 Å². The zero-order valence-electron chi connectivity index (χ0n) is 9.51. The highest BCUT2D eigenvalue weighted by atomic mass is 79.9. The van der Waals surface area contributed by atoms with Crippen molar-refractivity contribution in [2.45, 2.75) is 0 Å². The van der Waals surface area contributed by atoms with Crippen LogP contribution >= 0.6 is 15.9 Å². The number of hydrogen-bond acceptors (Lipinski definition) is 5. The fourth-order valence-corrected chi connectivity index (χ4v) is 2.28. The molecule has 0 bridgehead atoms. The molecule has 0 aliphatic heterocycles. The van der Waals surface area contributed by atoms with Crippen molar-refractivity contribution in [3.63, 3.8) is 0 Å². The van der Waals surface area contributed by atoms with Crippen molar-refractivity contribution < 1.29 is 27.9 Å². The summed E-state index contributed by atoms with van der Waals surface area (Å²) in [6.45, 7) is 0.